The molecule has 8 heteroatoms. The van der Waals surface area contributed by atoms with Gasteiger partial charge in [-0.25, -0.2) is 4.98 Å². The molecule has 2 aromatic heterocycles. The highest BCUT2D eigenvalue weighted by Gasteiger charge is 2.26. The SMILES string of the molecule is CCC[C@@H](C(=O)NCc1ccco1)n1c(Cc2ccccc2Cl)nc2cc(Cl)c(Cl)cc21. The van der Waals surface area contributed by atoms with Crippen LogP contribution in [0.4, 0.5) is 0 Å². The Kier molecular flexibility index (Phi) is 7.09. The standard InChI is InChI=1S/C24H22Cl3N3O2/c1-2-6-21(24(31)28-14-16-8-5-10-32-16)30-22-13-19(27)18(26)12-20(22)29-23(30)11-15-7-3-4-9-17(15)25/h3-5,7-10,12-13,21H,2,6,11,14H2,1H3,(H,28,31)/t21-/m0/s1. The molecule has 1 atom stereocenters. The monoisotopic (exact) mass is 489 g/mol. The number of hydrogen-bond acceptors (Lipinski definition) is 3. The minimum absolute atomic E-state index is 0.117. The fourth-order valence-corrected chi connectivity index (χ4v) is 4.30. The molecule has 166 valence electrons. The maximum Gasteiger partial charge on any atom is 0.243 e. The van der Waals surface area contributed by atoms with Crippen LogP contribution >= 0.6 is 34.8 Å². The third kappa shape index (κ3) is 4.80. The number of rotatable bonds is 8. The molecular formula is C24H22Cl3N3O2. The Morgan fingerprint density at radius 3 is 2.59 bits per heavy atom. The van der Waals surface area contributed by atoms with Crippen molar-refractivity contribution in [1.29, 1.82) is 0 Å². The molecule has 1 amide bonds. The summed E-state index contributed by atoms with van der Waals surface area (Å²) in [5.41, 5.74) is 2.36. The molecule has 0 aliphatic heterocycles. The van der Waals surface area contributed by atoms with Crippen LogP contribution in [0.2, 0.25) is 15.1 Å². The number of imidazole rings is 1. The molecule has 0 spiro atoms. The van der Waals surface area contributed by atoms with Gasteiger partial charge in [-0.2, -0.15) is 0 Å². The van der Waals surface area contributed by atoms with E-state index in [2.05, 4.69) is 5.32 Å². The Labute approximate surface area is 201 Å². The zero-order valence-corrected chi connectivity index (χ0v) is 19.7. The molecule has 0 bridgehead atoms. The van der Waals surface area contributed by atoms with E-state index in [1.807, 2.05) is 41.8 Å². The van der Waals surface area contributed by atoms with Crippen LogP contribution in [0, 0.1) is 0 Å². The second-order valence-corrected chi connectivity index (χ2v) is 8.74. The smallest absolute Gasteiger partial charge is 0.243 e. The molecule has 4 rings (SSSR count). The van der Waals surface area contributed by atoms with Gasteiger partial charge in [0.2, 0.25) is 5.91 Å². The Hall–Kier alpha value is -2.47. The number of furan rings is 1. The summed E-state index contributed by atoms with van der Waals surface area (Å²) in [5, 5.41) is 4.47. The molecular weight excluding hydrogens is 469 g/mol. The van der Waals surface area contributed by atoms with Crippen molar-refractivity contribution in [3.05, 3.63) is 87.0 Å². The van der Waals surface area contributed by atoms with Crippen molar-refractivity contribution in [2.45, 2.75) is 38.8 Å². The van der Waals surface area contributed by atoms with Crippen LogP contribution < -0.4 is 5.32 Å². The molecule has 0 unspecified atom stereocenters. The quantitative estimate of drug-likeness (QED) is 0.294. The number of halogens is 3. The molecule has 0 aliphatic carbocycles. The molecule has 0 saturated heterocycles. The van der Waals surface area contributed by atoms with Gasteiger partial charge in [-0.3, -0.25) is 4.79 Å². The summed E-state index contributed by atoms with van der Waals surface area (Å²) < 4.78 is 7.31. The first kappa shape index (κ1) is 22.7. The summed E-state index contributed by atoms with van der Waals surface area (Å²) in [5.74, 6) is 1.29. The van der Waals surface area contributed by atoms with E-state index in [9.17, 15) is 4.79 Å². The maximum atomic E-state index is 13.3. The number of amides is 1. The van der Waals surface area contributed by atoms with Crippen molar-refractivity contribution >= 4 is 51.7 Å². The number of carbonyl (C=O) groups excluding carboxylic acids is 1. The molecule has 32 heavy (non-hydrogen) atoms. The number of fused-ring (bicyclic) bond motifs is 1. The van der Waals surface area contributed by atoms with Crippen LogP contribution in [-0.4, -0.2) is 15.5 Å². The second-order valence-electron chi connectivity index (χ2n) is 7.52. The average Bonchev–Trinajstić information content (AvgIpc) is 3.40. The molecule has 2 heterocycles. The fraction of sp³-hybridized carbons (Fsp3) is 0.250. The molecule has 0 saturated carbocycles. The van der Waals surface area contributed by atoms with Gasteiger partial charge in [-0.05, 0) is 42.3 Å². The fourth-order valence-electron chi connectivity index (χ4n) is 3.78. The van der Waals surface area contributed by atoms with Crippen molar-refractivity contribution in [2.75, 3.05) is 0 Å². The molecule has 0 radical (unpaired) electrons. The highest BCUT2D eigenvalue weighted by atomic mass is 35.5. The predicted molar refractivity (Wildman–Crippen MR) is 129 cm³/mol. The zero-order valence-electron chi connectivity index (χ0n) is 17.4. The van der Waals surface area contributed by atoms with E-state index in [-0.39, 0.29) is 5.91 Å². The van der Waals surface area contributed by atoms with Gasteiger partial charge in [-0.15, -0.1) is 0 Å². The highest BCUT2D eigenvalue weighted by molar-refractivity contribution is 6.42. The lowest BCUT2D eigenvalue weighted by molar-refractivity contribution is -0.124. The van der Waals surface area contributed by atoms with E-state index in [1.54, 1.807) is 24.5 Å². The van der Waals surface area contributed by atoms with Crippen LogP contribution in [0.15, 0.2) is 59.2 Å². The minimum Gasteiger partial charge on any atom is -0.467 e. The lowest BCUT2D eigenvalue weighted by Crippen LogP contribution is -2.33. The number of hydrogen-bond donors (Lipinski definition) is 1. The van der Waals surface area contributed by atoms with Crippen molar-refractivity contribution in [3.63, 3.8) is 0 Å². The van der Waals surface area contributed by atoms with Gasteiger partial charge in [0.05, 0.1) is 33.9 Å². The predicted octanol–water partition coefficient (Wildman–Crippen LogP) is 6.84. The van der Waals surface area contributed by atoms with Gasteiger partial charge < -0.3 is 14.3 Å². The largest absolute Gasteiger partial charge is 0.467 e. The first-order chi connectivity index (χ1) is 15.5. The van der Waals surface area contributed by atoms with Crippen LogP contribution in [0.5, 0.6) is 0 Å². The third-order valence-corrected chi connectivity index (χ3v) is 6.40. The Bertz CT molecular complexity index is 1240. The third-order valence-electron chi connectivity index (χ3n) is 5.30. The van der Waals surface area contributed by atoms with Gasteiger partial charge in [-0.1, -0.05) is 66.3 Å². The number of benzene rings is 2. The van der Waals surface area contributed by atoms with Crippen LogP contribution in [0.1, 0.15) is 43.0 Å². The molecule has 4 aromatic rings. The van der Waals surface area contributed by atoms with E-state index < -0.39 is 6.04 Å². The lowest BCUT2D eigenvalue weighted by atomic mass is 10.1. The summed E-state index contributed by atoms with van der Waals surface area (Å²) in [6.07, 6.45) is 3.49. The summed E-state index contributed by atoms with van der Waals surface area (Å²) in [6.45, 7) is 2.36. The van der Waals surface area contributed by atoms with Crippen molar-refractivity contribution < 1.29 is 9.21 Å². The van der Waals surface area contributed by atoms with E-state index in [0.717, 1.165) is 23.3 Å². The summed E-state index contributed by atoms with van der Waals surface area (Å²) in [7, 11) is 0. The number of aromatic nitrogens is 2. The van der Waals surface area contributed by atoms with Crippen LogP contribution in [0.3, 0.4) is 0 Å². The van der Waals surface area contributed by atoms with E-state index >= 15 is 0 Å². The second kappa shape index (κ2) is 9.99. The van der Waals surface area contributed by atoms with E-state index in [1.165, 1.54) is 0 Å². The molecule has 2 aromatic carbocycles. The van der Waals surface area contributed by atoms with Gasteiger partial charge in [0.25, 0.3) is 0 Å². The average molecular weight is 491 g/mol. The van der Waals surface area contributed by atoms with Gasteiger partial charge >= 0.3 is 0 Å². The number of carbonyl (C=O) groups is 1. The summed E-state index contributed by atoms with van der Waals surface area (Å²) in [6, 6.07) is 14.3. The Morgan fingerprint density at radius 2 is 1.88 bits per heavy atom. The van der Waals surface area contributed by atoms with Crippen LogP contribution in [-0.2, 0) is 17.8 Å². The summed E-state index contributed by atoms with van der Waals surface area (Å²) >= 11 is 19.0. The van der Waals surface area contributed by atoms with Gasteiger partial charge in [0.15, 0.2) is 0 Å². The van der Waals surface area contributed by atoms with Crippen molar-refractivity contribution in [3.8, 4) is 0 Å². The van der Waals surface area contributed by atoms with Crippen molar-refractivity contribution in [2.24, 2.45) is 0 Å². The molecule has 0 aliphatic rings. The highest BCUT2D eigenvalue weighted by Crippen LogP contribution is 2.33. The molecule has 1 N–H and O–H groups in total. The minimum atomic E-state index is -0.477. The van der Waals surface area contributed by atoms with Gasteiger partial charge in [0.1, 0.15) is 17.6 Å². The Morgan fingerprint density at radius 1 is 1.09 bits per heavy atom. The topological polar surface area (TPSA) is 60.1 Å². The number of nitrogens with zero attached hydrogens (tertiary/aromatic N) is 2. The van der Waals surface area contributed by atoms with Gasteiger partial charge in [0, 0.05) is 11.4 Å². The summed E-state index contributed by atoms with van der Waals surface area (Å²) in [4.78, 5) is 18.1. The maximum absolute atomic E-state index is 13.3. The number of nitrogens with one attached hydrogen (secondary N) is 1. The zero-order chi connectivity index (χ0) is 22.7. The van der Waals surface area contributed by atoms with E-state index in [0.29, 0.717) is 45.7 Å². The first-order valence-electron chi connectivity index (χ1n) is 10.4. The van der Waals surface area contributed by atoms with Crippen LogP contribution in [0.25, 0.3) is 11.0 Å². The van der Waals surface area contributed by atoms with E-state index in [4.69, 9.17) is 44.2 Å². The Balaban J connectivity index is 1.78. The molecule has 5 nitrogen and oxygen atoms in total. The lowest BCUT2D eigenvalue weighted by Gasteiger charge is -2.21. The normalized spacial score (nSPS) is 12.2. The van der Waals surface area contributed by atoms with Crippen molar-refractivity contribution in [1.82, 2.24) is 14.9 Å². The first-order valence-corrected chi connectivity index (χ1v) is 11.5. The molecule has 0 fully saturated rings.